The Labute approximate surface area is 170 Å². The van der Waals surface area contributed by atoms with Gasteiger partial charge in [-0.2, -0.15) is 0 Å². The Morgan fingerprint density at radius 1 is 0.833 bits per heavy atom. The number of unbranched alkanes of at least 4 members (excludes halogenated alkanes) is 8. The molecule has 0 amide bonds. The van der Waals surface area contributed by atoms with Gasteiger partial charge >= 0.3 is 29.6 Å². The van der Waals surface area contributed by atoms with Crippen molar-refractivity contribution < 1.29 is 44.6 Å². The molecule has 0 spiro atoms. The predicted molar refractivity (Wildman–Crippen MR) is 95.0 cm³/mol. The van der Waals surface area contributed by atoms with Crippen molar-refractivity contribution in [3.63, 3.8) is 0 Å². The Bertz CT molecular complexity index is 325. The van der Waals surface area contributed by atoms with Crippen LogP contribution >= 0.6 is 0 Å². The molecule has 1 atom stereocenters. The number of aliphatic carboxylic acids is 1. The van der Waals surface area contributed by atoms with Crippen LogP contribution in [0.25, 0.3) is 0 Å². The van der Waals surface area contributed by atoms with E-state index in [1.54, 1.807) is 0 Å². The molecule has 0 heterocycles. The molecule has 0 aliphatic heterocycles. The van der Waals surface area contributed by atoms with E-state index in [2.05, 4.69) is 24.3 Å². The monoisotopic (exact) mass is 346 g/mol. The Kier molecular flexibility index (Phi) is 22.8. The summed E-state index contributed by atoms with van der Waals surface area (Å²) >= 11 is 0. The van der Waals surface area contributed by atoms with Crippen molar-refractivity contribution >= 4 is 5.97 Å². The first-order valence-electron chi connectivity index (χ1n) is 9.31. The fraction of sp³-hybridized carbons (Fsp3) is 0.750. The summed E-state index contributed by atoms with van der Waals surface area (Å²) in [5.74, 6) is -0.951. The van der Waals surface area contributed by atoms with Crippen molar-refractivity contribution in [2.75, 3.05) is 0 Å². The molecule has 0 radical (unpaired) electrons. The number of allylic oxidation sites excluding steroid dienone is 4. The number of hydrogen-bond acceptors (Lipinski definition) is 3. The first kappa shape index (κ1) is 26.1. The quantitative estimate of drug-likeness (QED) is 0.260. The van der Waals surface area contributed by atoms with Gasteiger partial charge in [-0.05, 0) is 71.1 Å². The van der Waals surface area contributed by atoms with Crippen molar-refractivity contribution in [1.29, 1.82) is 0 Å². The smallest absolute Gasteiger partial charge is 0.550 e. The van der Waals surface area contributed by atoms with Gasteiger partial charge in [0.05, 0.1) is 6.10 Å². The molecule has 0 bridgehead atoms. The molecule has 1 N–H and O–H groups in total. The van der Waals surface area contributed by atoms with E-state index in [1.165, 1.54) is 38.5 Å². The zero-order valence-electron chi connectivity index (χ0n) is 15.8. The number of carboxylic acid groups (broad SMARTS) is 1. The second kappa shape index (κ2) is 21.0. The first-order valence-corrected chi connectivity index (χ1v) is 9.31. The molecule has 0 fully saturated rings. The summed E-state index contributed by atoms with van der Waals surface area (Å²) < 4.78 is 0. The number of carboxylic acids is 1. The maximum atomic E-state index is 10.2. The van der Waals surface area contributed by atoms with E-state index >= 15 is 0 Å². The average molecular weight is 346 g/mol. The van der Waals surface area contributed by atoms with Gasteiger partial charge in [0.15, 0.2) is 0 Å². The summed E-state index contributed by atoms with van der Waals surface area (Å²) in [5.41, 5.74) is 0. The molecule has 0 rings (SSSR count). The molecule has 4 heteroatoms. The van der Waals surface area contributed by atoms with E-state index in [0.717, 1.165) is 32.1 Å². The number of aliphatic hydroxyl groups is 1. The van der Waals surface area contributed by atoms with Gasteiger partial charge in [-0.1, -0.05) is 43.6 Å². The Morgan fingerprint density at radius 2 is 1.25 bits per heavy atom. The second-order valence-electron chi connectivity index (χ2n) is 6.33. The number of rotatable bonds is 16. The fourth-order valence-corrected chi connectivity index (χ4v) is 2.42. The van der Waals surface area contributed by atoms with Crippen molar-refractivity contribution in [2.45, 2.75) is 96.5 Å². The van der Waals surface area contributed by atoms with E-state index in [0.29, 0.717) is 6.42 Å². The van der Waals surface area contributed by atoms with E-state index in [-0.39, 0.29) is 42.1 Å². The first-order chi connectivity index (χ1) is 11.1. The van der Waals surface area contributed by atoms with Crippen LogP contribution in [0.2, 0.25) is 0 Å². The molecular weight excluding hydrogens is 311 g/mol. The minimum Gasteiger partial charge on any atom is -0.550 e. The van der Waals surface area contributed by atoms with E-state index in [1.807, 2.05) is 6.92 Å². The minimum atomic E-state index is -0.951. The van der Waals surface area contributed by atoms with Crippen LogP contribution < -0.4 is 34.7 Å². The van der Waals surface area contributed by atoms with Crippen molar-refractivity contribution in [3.8, 4) is 0 Å². The third-order valence-electron chi connectivity index (χ3n) is 3.82. The SMILES string of the molecule is C[C@H](O)CCC/C=C\CCCCCCC/C=C\CCCC(=O)[O-].[Na+]. The molecule has 0 aromatic heterocycles. The Morgan fingerprint density at radius 3 is 1.71 bits per heavy atom. The summed E-state index contributed by atoms with van der Waals surface area (Å²) in [6, 6.07) is 0. The van der Waals surface area contributed by atoms with Gasteiger partial charge in [0.25, 0.3) is 0 Å². The van der Waals surface area contributed by atoms with E-state index in [9.17, 15) is 9.90 Å². The van der Waals surface area contributed by atoms with Crippen LogP contribution in [-0.4, -0.2) is 17.2 Å². The van der Waals surface area contributed by atoms with E-state index in [4.69, 9.17) is 5.11 Å². The maximum absolute atomic E-state index is 10.2. The van der Waals surface area contributed by atoms with Crippen LogP contribution in [-0.2, 0) is 4.79 Å². The summed E-state index contributed by atoms with van der Waals surface area (Å²) in [6.45, 7) is 1.84. The standard InChI is InChI=1S/C20H36O3.Na/c1-19(21)17-15-13-11-9-7-5-3-2-4-6-8-10-12-14-16-18-20(22)23;/h9-12,19,21H,2-8,13-18H2,1H3,(H,22,23);/q;+1/p-1/b11-9-,12-10-;/t19-;/m0./s1. The van der Waals surface area contributed by atoms with Crippen LogP contribution in [0.5, 0.6) is 0 Å². The van der Waals surface area contributed by atoms with Crippen LogP contribution in [0, 0.1) is 0 Å². The summed E-state index contributed by atoms with van der Waals surface area (Å²) in [7, 11) is 0. The van der Waals surface area contributed by atoms with E-state index < -0.39 is 5.97 Å². The number of carbonyl (C=O) groups excluding carboxylic acids is 1. The van der Waals surface area contributed by atoms with Gasteiger partial charge in [0.2, 0.25) is 0 Å². The molecule has 0 saturated carbocycles. The van der Waals surface area contributed by atoms with Crippen molar-refractivity contribution in [1.82, 2.24) is 0 Å². The van der Waals surface area contributed by atoms with Crippen LogP contribution in [0.1, 0.15) is 90.4 Å². The van der Waals surface area contributed by atoms with Crippen molar-refractivity contribution in [2.24, 2.45) is 0 Å². The number of carbonyl (C=O) groups is 1. The zero-order valence-corrected chi connectivity index (χ0v) is 17.8. The molecule has 3 nitrogen and oxygen atoms in total. The molecule has 134 valence electrons. The van der Waals surface area contributed by atoms with Gasteiger partial charge in [-0.3, -0.25) is 0 Å². The fourth-order valence-electron chi connectivity index (χ4n) is 2.42. The summed E-state index contributed by atoms with van der Waals surface area (Å²) in [6.07, 6.45) is 22.0. The molecule has 0 aliphatic carbocycles. The zero-order chi connectivity index (χ0) is 17.2. The summed E-state index contributed by atoms with van der Waals surface area (Å²) in [4.78, 5) is 10.2. The van der Waals surface area contributed by atoms with Gasteiger partial charge in [-0.25, -0.2) is 0 Å². The minimum absolute atomic E-state index is 0. The van der Waals surface area contributed by atoms with Crippen LogP contribution in [0.15, 0.2) is 24.3 Å². The molecule has 24 heavy (non-hydrogen) atoms. The van der Waals surface area contributed by atoms with Gasteiger partial charge in [-0.15, -0.1) is 0 Å². The molecule has 0 aromatic carbocycles. The molecule has 0 aromatic rings. The van der Waals surface area contributed by atoms with Gasteiger partial charge in [0, 0.05) is 5.97 Å². The van der Waals surface area contributed by atoms with Crippen molar-refractivity contribution in [3.05, 3.63) is 24.3 Å². The third kappa shape index (κ3) is 24.2. The number of aliphatic hydroxyl groups excluding tert-OH is 1. The molecule has 0 aliphatic rings. The third-order valence-corrected chi connectivity index (χ3v) is 3.82. The Hall–Kier alpha value is -0.0900. The number of hydrogen-bond donors (Lipinski definition) is 1. The second-order valence-corrected chi connectivity index (χ2v) is 6.33. The molecule has 0 saturated heterocycles. The topological polar surface area (TPSA) is 60.4 Å². The maximum Gasteiger partial charge on any atom is 1.00 e. The summed E-state index contributed by atoms with van der Waals surface area (Å²) in [5, 5.41) is 19.4. The molecule has 0 unspecified atom stereocenters. The molecular formula is C20H35NaO3. The van der Waals surface area contributed by atoms with Gasteiger partial charge < -0.3 is 15.0 Å². The van der Waals surface area contributed by atoms with Crippen LogP contribution in [0.4, 0.5) is 0 Å². The Balaban J connectivity index is 0. The van der Waals surface area contributed by atoms with Crippen LogP contribution in [0.3, 0.4) is 0 Å². The normalized spacial score (nSPS) is 12.6. The average Bonchev–Trinajstić information content (AvgIpc) is 2.49. The van der Waals surface area contributed by atoms with Gasteiger partial charge in [0.1, 0.15) is 0 Å². The largest absolute Gasteiger partial charge is 1.00 e. The predicted octanol–water partition coefficient (Wildman–Crippen LogP) is 1.30.